The van der Waals surface area contributed by atoms with Gasteiger partial charge in [-0.2, -0.15) is 0 Å². The number of amides is 4. The van der Waals surface area contributed by atoms with Gasteiger partial charge in [0.1, 0.15) is 29.3 Å². The summed E-state index contributed by atoms with van der Waals surface area (Å²) < 4.78 is 16.0. The molecule has 9 heteroatoms. The van der Waals surface area contributed by atoms with Gasteiger partial charge in [0.25, 0.3) is 5.91 Å². The Bertz CT molecular complexity index is 1100. The molecule has 2 aliphatic rings. The van der Waals surface area contributed by atoms with Gasteiger partial charge in [0.2, 0.25) is 5.91 Å². The molecule has 34 heavy (non-hydrogen) atoms. The van der Waals surface area contributed by atoms with E-state index in [1.807, 2.05) is 12.1 Å². The third-order valence-corrected chi connectivity index (χ3v) is 6.61. The quantitative estimate of drug-likeness (QED) is 0.629. The molecule has 0 aromatic heterocycles. The van der Waals surface area contributed by atoms with Crippen LogP contribution in [0.2, 0.25) is 0 Å². The van der Waals surface area contributed by atoms with Crippen LogP contribution in [0.3, 0.4) is 0 Å². The lowest BCUT2D eigenvalue weighted by Gasteiger charge is -2.28. The first kappa shape index (κ1) is 23.4. The Hall–Kier alpha value is -3.75. The molecule has 2 aromatic rings. The number of urea groups is 1. The van der Waals surface area contributed by atoms with Gasteiger partial charge >= 0.3 is 6.03 Å². The highest BCUT2D eigenvalue weighted by atomic mass is 16.5. The molecule has 2 fully saturated rings. The van der Waals surface area contributed by atoms with Crippen molar-refractivity contribution in [3.8, 4) is 17.2 Å². The second-order valence-corrected chi connectivity index (χ2v) is 8.53. The smallest absolute Gasteiger partial charge is 0.325 e. The van der Waals surface area contributed by atoms with Gasteiger partial charge in [-0.3, -0.25) is 14.5 Å². The number of carbonyl (C=O) groups is 3. The number of likely N-dealkylation sites (tertiary alicyclic amines) is 1. The molecule has 2 atom stereocenters. The van der Waals surface area contributed by atoms with Gasteiger partial charge in [-0.15, -0.1) is 0 Å². The third-order valence-electron chi connectivity index (χ3n) is 6.61. The van der Waals surface area contributed by atoms with Crippen LogP contribution in [0, 0.1) is 0 Å². The summed E-state index contributed by atoms with van der Waals surface area (Å²) in [6.07, 6.45) is 1.58. The van der Waals surface area contributed by atoms with Crippen molar-refractivity contribution in [2.45, 2.75) is 31.3 Å². The predicted octanol–water partition coefficient (Wildman–Crippen LogP) is 2.84. The maximum atomic E-state index is 13.3. The second-order valence-electron chi connectivity index (χ2n) is 8.53. The molecule has 2 unspecified atom stereocenters. The van der Waals surface area contributed by atoms with Crippen LogP contribution < -0.4 is 19.5 Å². The minimum atomic E-state index is -1.26. The molecule has 0 spiro atoms. The van der Waals surface area contributed by atoms with Gasteiger partial charge in [-0.25, -0.2) is 4.79 Å². The Morgan fingerprint density at radius 1 is 1.03 bits per heavy atom. The summed E-state index contributed by atoms with van der Waals surface area (Å²) in [5, 5.41) is 2.75. The number of hydrogen-bond acceptors (Lipinski definition) is 6. The van der Waals surface area contributed by atoms with Crippen molar-refractivity contribution in [2.24, 2.45) is 0 Å². The molecule has 0 saturated carbocycles. The molecule has 180 valence electrons. The lowest BCUT2D eigenvalue weighted by molar-refractivity contribution is -0.139. The van der Waals surface area contributed by atoms with E-state index in [0.29, 0.717) is 29.4 Å². The summed E-state index contributed by atoms with van der Waals surface area (Å²) in [7, 11) is 4.71. The van der Waals surface area contributed by atoms with Crippen molar-refractivity contribution < 1.29 is 28.6 Å². The maximum Gasteiger partial charge on any atom is 0.325 e. The topological polar surface area (TPSA) is 97.4 Å². The second kappa shape index (κ2) is 9.24. The van der Waals surface area contributed by atoms with Crippen LogP contribution in [0.25, 0.3) is 0 Å². The standard InChI is InChI=1S/C25H29N3O6/c1-25(16-7-9-17(32-2)10-8-16)23(30)28(24(31)26-25)15-22(29)27-13-5-6-20(27)19-12-11-18(33-3)14-21(19)34-4/h7-12,14,20H,5-6,13,15H2,1-4H3,(H,26,31). The first-order valence-corrected chi connectivity index (χ1v) is 11.1. The summed E-state index contributed by atoms with van der Waals surface area (Å²) >= 11 is 0. The molecule has 0 bridgehead atoms. The Morgan fingerprint density at radius 3 is 2.35 bits per heavy atom. The molecular weight excluding hydrogens is 438 g/mol. The number of methoxy groups -OCH3 is 3. The van der Waals surface area contributed by atoms with Crippen LogP contribution in [0.5, 0.6) is 17.2 Å². The van der Waals surface area contributed by atoms with E-state index in [1.165, 1.54) is 0 Å². The third kappa shape index (κ3) is 4.02. The Morgan fingerprint density at radius 2 is 1.71 bits per heavy atom. The van der Waals surface area contributed by atoms with Crippen molar-refractivity contribution in [1.82, 2.24) is 15.1 Å². The van der Waals surface area contributed by atoms with Gasteiger partial charge in [0, 0.05) is 18.2 Å². The van der Waals surface area contributed by atoms with Gasteiger partial charge in [0.05, 0.1) is 27.4 Å². The molecule has 1 N–H and O–H groups in total. The number of rotatable bonds is 7. The Balaban J connectivity index is 1.53. The van der Waals surface area contributed by atoms with Crippen molar-refractivity contribution in [3.63, 3.8) is 0 Å². The molecule has 2 aliphatic heterocycles. The fraction of sp³-hybridized carbons (Fsp3) is 0.400. The molecular formula is C25H29N3O6. The van der Waals surface area contributed by atoms with Gasteiger partial charge < -0.3 is 24.4 Å². The van der Waals surface area contributed by atoms with Crippen molar-refractivity contribution in [3.05, 3.63) is 53.6 Å². The van der Waals surface area contributed by atoms with Crippen molar-refractivity contribution in [2.75, 3.05) is 34.4 Å². The number of hydrogen-bond donors (Lipinski definition) is 1. The lowest BCUT2D eigenvalue weighted by atomic mass is 9.92. The van der Waals surface area contributed by atoms with Gasteiger partial charge in [0.15, 0.2) is 0 Å². The minimum absolute atomic E-state index is 0.206. The van der Waals surface area contributed by atoms with Crippen LogP contribution in [0.1, 0.15) is 36.9 Å². The molecule has 2 aromatic carbocycles. The summed E-state index contributed by atoms with van der Waals surface area (Å²) in [5.41, 5.74) is 0.228. The highest BCUT2D eigenvalue weighted by Crippen LogP contribution is 2.39. The van der Waals surface area contributed by atoms with E-state index < -0.39 is 17.5 Å². The van der Waals surface area contributed by atoms with Gasteiger partial charge in [-0.05, 0) is 49.6 Å². The maximum absolute atomic E-state index is 13.3. The molecule has 2 saturated heterocycles. The van der Waals surface area contributed by atoms with E-state index in [9.17, 15) is 14.4 Å². The van der Waals surface area contributed by atoms with E-state index >= 15 is 0 Å². The molecule has 2 heterocycles. The predicted molar refractivity (Wildman–Crippen MR) is 124 cm³/mol. The van der Waals surface area contributed by atoms with Gasteiger partial charge in [-0.1, -0.05) is 12.1 Å². The zero-order valence-corrected chi connectivity index (χ0v) is 19.8. The van der Waals surface area contributed by atoms with Crippen LogP contribution >= 0.6 is 0 Å². The summed E-state index contributed by atoms with van der Waals surface area (Å²) in [5.74, 6) is 1.18. The zero-order valence-electron chi connectivity index (χ0n) is 19.8. The largest absolute Gasteiger partial charge is 0.497 e. The Kier molecular flexibility index (Phi) is 6.37. The average molecular weight is 468 g/mol. The normalized spacial score (nSPS) is 22.1. The number of nitrogens with zero attached hydrogens (tertiary/aromatic N) is 2. The molecule has 9 nitrogen and oxygen atoms in total. The van der Waals surface area contributed by atoms with E-state index in [-0.39, 0.29) is 18.5 Å². The first-order chi connectivity index (χ1) is 16.3. The zero-order chi connectivity index (χ0) is 24.5. The molecule has 0 radical (unpaired) electrons. The van der Waals surface area contributed by atoms with Crippen LogP contribution in [0.4, 0.5) is 4.79 Å². The number of benzene rings is 2. The number of imide groups is 1. The van der Waals surface area contributed by atoms with E-state index in [0.717, 1.165) is 23.3 Å². The van der Waals surface area contributed by atoms with E-state index in [1.54, 1.807) is 63.5 Å². The monoisotopic (exact) mass is 467 g/mol. The highest BCUT2D eigenvalue weighted by molar-refractivity contribution is 6.09. The fourth-order valence-corrected chi connectivity index (χ4v) is 4.67. The minimum Gasteiger partial charge on any atom is -0.497 e. The average Bonchev–Trinajstić information content (AvgIpc) is 3.43. The summed E-state index contributed by atoms with van der Waals surface area (Å²) in [6.45, 7) is 1.85. The summed E-state index contributed by atoms with van der Waals surface area (Å²) in [4.78, 5) is 42.0. The SMILES string of the molecule is COc1ccc(C2(C)NC(=O)N(CC(=O)N3CCCC3c3ccc(OC)cc3OC)C2=O)cc1. The van der Waals surface area contributed by atoms with Crippen LogP contribution in [0.15, 0.2) is 42.5 Å². The van der Waals surface area contributed by atoms with E-state index in [4.69, 9.17) is 14.2 Å². The van der Waals surface area contributed by atoms with Crippen molar-refractivity contribution >= 4 is 17.8 Å². The number of carbonyl (C=O) groups excluding carboxylic acids is 3. The van der Waals surface area contributed by atoms with Crippen LogP contribution in [-0.2, 0) is 15.1 Å². The highest BCUT2D eigenvalue weighted by Gasteiger charge is 2.50. The molecule has 4 rings (SSSR count). The molecule has 4 amide bonds. The number of ether oxygens (including phenoxy) is 3. The number of nitrogens with one attached hydrogen (secondary N) is 1. The van der Waals surface area contributed by atoms with Crippen molar-refractivity contribution in [1.29, 1.82) is 0 Å². The molecule has 0 aliphatic carbocycles. The summed E-state index contributed by atoms with van der Waals surface area (Å²) in [6, 6.07) is 11.6. The Labute approximate surface area is 198 Å². The fourth-order valence-electron chi connectivity index (χ4n) is 4.67. The van der Waals surface area contributed by atoms with Crippen LogP contribution in [-0.4, -0.2) is 62.1 Å². The lowest BCUT2D eigenvalue weighted by Crippen LogP contribution is -2.44. The van der Waals surface area contributed by atoms with E-state index in [2.05, 4.69) is 5.32 Å². The first-order valence-electron chi connectivity index (χ1n) is 11.1.